The second-order valence-electron chi connectivity index (χ2n) is 8.16. The van der Waals surface area contributed by atoms with Crippen LogP contribution in [0.5, 0.6) is 5.75 Å². The molecule has 0 aromatic heterocycles. The highest BCUT2D eigenvalue weighted by Crippen LogP contribution is 2.20. The molecule has 0 aliphatic carbocycles. The topological polar surface area (TPSA) is 58.6 Å². The lowest BCUT2D eigenvalue weighted by molar-refractivity contribution is -0.142. The van der Waals surface area contributed by atoms with E-state index in [1.165, 1.54) is 0 Å². The Morgan fingerprint density at radius 2 is 1.55 bits per heavy atom. The van der Waals surface area contributed by atoms with Crippen molar-refractivity contribution in [1.29, 1.82) is 0 Å². The fraction of sp³-hybridized carbons (Fsp3) is 0.286. The summed E-state index contributed by atoms with van der Waals surface area (Å²) in [7, 11) is 0. The van der Waals surface area contributed by atoms with Crippen LogP contribution >= 0.6 is 0 Å². The molecule has 0 bridgehead atoms. The number of nitrogens with zero attached hydrogens (tertiary/aromatic N) is 1. The van der Waals surface area contributed by atoms with Crippen LogP contribution in [-0.4, -0.2) is 35.9 Å². The van der Waals surface area contributed by atoms with Gasteiger partial charge in [-0.15, -0.1) is 0 Å². The van der Waals surface area contributed by atoms with Gasteiger partial charge in [0, 0.05) is 19.5 Å². The summed E-state index contributed by atoms with van der Waals surface area (Å²) >= 11 is 0. The summed E-state index contributed by atoms with van der Waals surface area (Å²) in [5.41, 5.74) is 3.98. The normalized spacial score (nSPS) is 11.5. The summed E-state index contributed by atoms with van der Waals surface area (Å²) in [6.07, 6.45) is 0.425. The quantitative estimate of drug-likeness (QED) is 0.502. The lowest BCUT2D eigenvalue weighted by Gasteiger charge is -2.31. The van der Waals surface area contributed by atoms with Crippen LogP contribution in [0.4, 0.5) is 0 Å². The highest BCUT2D eigenvalue weighted by atomic mass is 16.5. The number of rotatable bonds is 10. The van der Waals surface area contributed by atoms with Crippen LogP contribution in [-0.2, 0) is 22.6 Å². The molecule has 0 saturated heterocycles. The SMILES string of the molecule is CCNC(=O)C(Cc1ccccc1)N(Cc1ccccc1)C(=O)COc1cc(C)ccc1C. The van der Waals surface area contributed by atoms with Gasteiger partial charge >= 0.3 is 0 Å². The second-order valence-corrected chi connectivity index (χ2v) is 8.16. The van der Waals surface area contributed by atoms with Gasteiger partial charge in [-0.05, 0) is 49.1 Å². The molecule has 1 atom stereocenters. The summed E-state index contributed by atoms with van der Waals surface area (Å²) in [5, 5.41) is 2.90. The van der Waals surface area contributed by atoms with Crippen molar-refractivity contribution in [3.8, 4) is 5.75 Å². The molecule has 1 N–H and O–H groups in total. The van der Waals surface area contributed by atoms with E-state index in [4.69, 9.17) is 4.74 Å². The van der Waals surface area contributed by atoms with Crippen molar-refractivity contribution in [1.82, 2.24) is 10.2 Å². The molecule has 0 radical (unpaired) electrons. The number of ether oxygens (including phenoxy) is 1. The molecule has 5 heteroatoms. The van der Waals surface area contributed by atoms with Crippen molar-refractivity contribution in [3.05, 3.63) is 101 Å². The lowest BCUT2D eigenvalue weighted by atomic mass is 10.0. The second kappa shape index (κ2) is 11.9. The molecule has 5 nitrogen and oxygen atoms in total. The molecule has 0 saturated carbocycles. The van der Waals surface area contributed by atoms with Crippen molar-refractivity contribution >= 4 is 11.8 Å². The van der Waals surface area contributed by atoms with Gasteiger partial charge in [0.05, 0.1) is 0 Å². The molecule has 0 heterocycles. The van der Waals surface area contributed by atoms with Crippen molar-refractivity contribution in [3.63, 3.8) is 0 Å². The molecule has 33 heavy (non-hydrogen) atoms. The van der Waals surface area contributed by atoms with Crippen molar-refractivity contribution in [2.45, 2.75) is 39.8 Å². The van der Waals surface area contributed by atoms with Gasteiger partial charge in [0.15, 0.2) is 6.61 Å². The Labute approximate surface area is 196 Å². The van der Waals surface area contributed by atoms with E-state index < -0.39 is 6.04 Å². The Kier molecular flexibility index (Phi) is 8.64. The molecule has 0 aliphatic rings. The third-order valence-corrected chi connectivity index (χ3v) is 5.51. The van der Waals surface area contributed by atoms with E-state index in [1.807, 2.05) is 99.6 Å². The van der Waals surface area contributed by atoms with E-state index in [9.17, 15) is 9.59 Å². The molecule has 3 aromatic rings. The zero-order chi connectivity index (χ0) is 23.6. The number of benzene rings is 3. The van der Waals surface area contributed by atoms with Crippen LogP contribution in [0.15, 0.2) is 78.9 Å². The molecule has 2 amide bonds. The number of likely N-dealkylation sites (N-methyl/N-ethyl adjacent to an activating group) is 1. The lowest BCUT2D eigenvalue weighted by Crippen LogP contribution is -2.51. The van der Waals surface area contributed by atoms with Gasteiger partial charge in [-0.2, -0.15) is 0 Å². The van der Waals surface area contributed by atoms with E-state index in [-0.39, 0.29) is 18.4 Å². The summed E-state index contributed by atoms with van der Waals surface area (Å²) < 4.78 is 5.92. The van der Waals surface area contributed by atoms with Crippen LogP contribution in [0.1, 0.15) is 29.2 Å². The maximum atomic E-state index is 13.5. The largest absolute Gasteiger partial charge is 0.483 e. The van der Waals surface area contributed by atoms with E-state index in [1.54, 1.807) is 4.90 Å². The molecule has 3 aromatic carbocycles. The first-order valence-corrected chi connectivity index (χ1v) is 11.3. The third kappa shape index (κ3) is 6.94. The van der Waals surface area contributed by atoms with Crippen LogP contribution in [0.3, 0.4) is 0 Å². The number of aryl methyl sites for hydroxylation is 2. The minimum absolute atomic E-state index is 0.137. The van der Waals surface area contributed by atoms with Crippen molar-refractivity contribution in [2.24, 2.45) is 0 Å². The Bertz CT molecular complexity index is 1050. The van der Waals surface area contributed by atoms with Gasteiger partial charge < -0.3 is 15.0 Å². The zero-order valence-corrected chi connectivity index (χ0v) is 19.6. The van der Waals surface area contributed by atoms with Crippen LogP contribution in [0.2, 0.25) is 0 Å². The fourth-order valence-corrected chi connectivity index (χ4v) is 3.71. The molecule has 0 spiro atoms. The van der Waals surface area contributed by atoms with Crippen molar-refractivity contribution < 1.29 is 14.3 Å². The maximum Gasteiger partial charge on any atom is 0.261 e. The highest BCUT2D eigenvalue weighted by Gasteiger charge is 2.30. The molecule has 0 fully saturated rings. The minimum atomic E-state index is -0.651. The Morgan fingerprint density at radius 1 is 0.909 bits per heavy atom. The third-order valence-electron chi connectivity index (χ3n) is 5.51. The monoisotopic (exact) mass is 444 g/mol. The van der Waals surface area contributed by atoms with Gasteiger partial charge in [-0.3, -0.25) is 9.59 Å². The molecule has 3 rings (SSSR count). The number of carbonyl (C=O) groups excluding carboxylic acids is 2. The molecule has 1 unspecified atom stereocenters. The van der Waals surface area contributed by atoms with Crippen molar-refractivity contribution in [2.75, 3.05) is 13.2 Å². The smallest absolute Gasteiger partial charge is 0.261 e. The van der Waals surface area contributed by atoms with E-state index in [0.717, 1.165) is 22.3 Å². The summed E-state index contributed by atoms with van der Waals surface area (Å²) in [4.78, 5) is 28.2. The number of hydrogen-bond donors (Lipinski definition) is 1. The van der Waals surface area contributed by atoms with E-state index in [0.29, 0.717) is 25.3 Å². The highest BCUT2D eigenvalue weighted by molar-refractivity contribution is 5.88. The van der Waals surface area contributed by atoms with E-state index >= 15 is 0 Å². The minimum Gasteiger partial charge on any atom is -0.483 e. The first kappa shape index (κ1) is 24.1. The fourth-order valence-electron chi connectivity index (χ4n) is 3.71. The van der Waals surface area contributed by atoms with Crippen LogP contribution in [0, 0.1) is 13.8 Å². The standard InChI is InChI=1S/C28H32N2O3/c1-4-29-28(32)25(18-23-11-7-5-8-12-23)30(19-24-13-9-6-10-14-24)27(31)20-33-26-17-21(2)15-16-22(26)3/h5-17,25H,4,18-20H2,1-3H3,(H,29,32). The Balaban J connectivity index is 1.88. The van der Waals surface area contributed by atoms with Crippen LogP contribution < -0.4 is 10.1 Å². The molecule has 0 aliphatic heterocycles. The Hall–Kier alpha value is -3.60. The van der Waals surface area contributed by atoms with Gasteiger partial charge in [0.2, 0.25) is 5.91 Å². The van der Waals surface area contributed by atoms with Crippen LogP contribution in [0.25, 0.3) is 0 Å². The van der Waals surface area contributed by atoms with Gasteiger partial charge in [-0.25, -0.2) is 0 Å². The average Bonchev–Trinajstić information content (AvgIpc) is 2.83. The number of nitrogens with one attached hydrogen (secondary N) is 1. The maximum absolute atomic E-state index is 13.5. The van der Waals surface area contributed by atoms with Gasteiger partial charge in [-0.1, -0.05) is 72.8 Å². The number of amides is 2. The first-order chi connectivity index (χ1) is 16.0. The predicted octanol–water partition coefficient (Wildman–Crippen LogP) is 4.46. The summed E-state index contributed by atoms with van der Waals surface area (Å²) in [6, 6.07) is 24.8. The molecular formula is C28H32N2O3. The summed E-state index contributed by atoms with van der Waals surface area (Å²) in [5.74, 6) is 0.282. The molecule has 172 valence electrons. The van der Waals surface area contributed by atoms with Gasteiger partial charge in [0.25, 0.3) is 5.91 Å². The van der Waals surface area contributed by atoms with E-state index in [2.05, 4.69) is 5.32 Å². The Morgan fingerprint density at radius 3 is 2.18 bits per heavy atom. The zero-order valence-electron chi connectivity index (χ0n) is 19.6. The van der Waals surface area contributed by atoms with Gasteiger partial charge in [0.1, 0.15) is 11.8 Å². The molecular weight excluding hydrogens is 412 g/mol. The predicted molar refractivity (Wildman–Crippen MR) is 131 cm³/mol. The number of hydrogen-bond acceptors (Lipinski definition) is 3. The average molecular weight is 445 g/mol. The number of carbonyl (C=O) groups is 2. The first-order valence-electron chi connectivity index (χ1n) is 11.3. The summed E-state index contributed by atoms with van der Waals surface area (Å²) in [6.45, 7) is 6.50.